The molecule has 1 atom stereocenters. The van der Waals surface area contributed by atoms with E-state index in [0.29, 0.717) is 24.1 Å². The normalized spacial score (nSPS) is 16.6. The van der Waals surface area contributed by atoms with Gasteiger partial charge in [0, 0.05) is 44.3 Å². The topological polar surface area (TPSA) is 72.3 Å². The molecule has 0 aromatic carbocycles. The molecule has 0 saturated carbocycles. The predicted octanol–water partition coefficient (Wildman–Crippen LogP) is 1.74. The van der Waals surface area contributed by atoms with Gasteiger partial charge >= 0.3 is 0 Å². The van der Waals surface area contributed by atoms with E-state index in [1.807, 2.05) is 12.3 Å². The van der Waals surface area contributed by atoms with Crippen LogP contribution in [0.25, 0.3) is 5.82 Å². The van der Waals surface area contributed by atoms with Crippen LogP contribution in [-0.2, 0) is 4.74 Å². The Labute approximate surface area is 154 Å². The average Bonchev–Trinajstić information content (AvgIpc) is 3.20. The third kappa shape index (κ3) is 4.89. The van der Waals surface area contributed by atoms with Crippen molar-refractivity contribution in [3.8, 4) is 5.82 Å². The molecule has 3 rings (SSSR count). The van der Waals surface area contributed by atoms with Gasteiger partial charge in [-0.25, -0.2) is 9.97 Å². The van der Waals surface area contributed by atoms with Crippen molar-refractivity contribution >= 4 is 5.91 Å². The maximum Gasteiger partial charge on any atom is 0.252 e. The summed E-state index contributed by atoms with van der Waals surface area (Å²) in [6.07, 6.45) is 7.86. The summed E-state index contributed by atoms with van der Waals surface area (Å²) >= 11 is 0. The molecule has 1 saturated heterocycles. The summed E-state index contributed by atoms with van der Waals surface area (Å²) in [6, 6.07) is 3.95. The zero-order valence-corrected chi connectivity index (χ0v) is 15.5. The molecule has 1 aliphatic rings. The van der Waals surface area contributed by atoms with Crippen LogP contribution in [0, 0.1) is 5.92 Å². The molecule has 2 aromatic rings. The van der Waals surface area contributed by atoms with Crippen molar-refractivity contribution in [2.45, 2.75) is 26.3 Å². The Morgan fingerprint density at radius 1 is 1.31 bits per heavy atom. The van der Waals surface area contributed by atoms with Crippen molar-refractivity contribution in [2.24, 2.45) is 5.92 Å². The predicted molar refractivity (Wildman–Crippen MR) is 99.3 cm³/mol. The minimum absolute atomic E-state index is 0.0864. The van der Waals surface area contributed by atoms with E-state index in [0.717, 1.165) is 38.5 Å². The summed E-state index contributed by atoms with van der Waals surface area (Å²) in [4.78, 5) is 23.3. The van der Waals surface area contributed by atoms with Gasteiger partial charge in [-0.1, -0.05) is 13.8 Å². The number of nitrogens with one attached hydrogen (secondary N) is 1. The lowest BCUT2D eigenvalue weighted by atomic mass is 10.0. The lowest BCUT2D eigenvalue weighted by molar-refractivity contribution is 0.0124. The van der Waals surface area contributed by atoms with Gasteiger partial charge in [0.05, 0.1) is 18.8 Å². The second-order valence-electron chi connectivity index (χ2n) is 7.02. The maximum atomic E-state index is 12.5. The number of carbonyl (C=O) groups is 1. The number of hydrogen-bond donors (Lipinski definition) is 1. The van der Waals surface area contributed by atoms with E-state index in [4.69, 9.17) is 4.74 Å². The van der Waals surface area contributed by atoms with E-state index in [-0.39, 0.29) is 5.91 Å². The van der Waals surface area contributed by atoms with Crippen molar-refractivity contribution in [1.82, 2.24) is 24.8 Å². The van der Waals surface area contributed by atoms with Gasteiger partial charge in [0.1, 0.15) is 12.1 Å². The molecule has 7 nitrogen and oxygen atoms in total. The van der Waals surface area contributed by atoms with Gasteiger partial charge in [0.2, 0.25) is 0 Å². The smallest absolute Gasteiger partial charge is 0.252 e. The first-order valence-corrected chi connectivity index (χ1v) is 9.18. The third-order valence-electron chi connectivity index (χ3n) is 4.58. The number of imidazole rings is 1. The molecule has 3 heterocycles. The Morgan fingerprint density at radius 2 is 2.12 bits per heavy atom. The van der Waals surface area contributed by atoms with E-state index < -0.39 is 0 Å². The van der Waals surface area contributed by atoms with Gasteiger partial charge in [-0.15, -0.1) is 0 Å². The fourth-order valence-corrected chi connectivity index (χ4v) is 3.23. The second kappa shape index (κ2) is 8.91. The molecular weight excluding hydrogens is 330 g/mol. The number of pyridine rings is 1. The molecule has 140 valence electrons. The van der Waals surface area contributed by atoms with Crippen LogP contribution in [-0.4, -0.2) is 64.2 Å². The fourth-order valence-electron chi connectivity index (χ4n) is 3.23. The standard InChI is InChI=1S/C19H27N5O2/c1-15(2)11-17(23-7-9-26-10-8-23)13-22-19(25)16-3-4-18(21-12-16)24-6-5-20-14-24/h3-6,12,14-15,17H,7-11,13H2,1-2H3,(H,22,25). The Kier molecular flexibility index (Phi) is 6.35. The van der Waals surface area contributed by atoms with Crippen molar-refractivity contribution in [2.75, 3.05) is 32.8 Å². The second-order valence-corrected chi connectivity index (χ2v) is 7.02. The summed E-state index contributed by atoms with van der Waals surface area (Å²) in [5, 5.41) is 3.08. The van der Waals surface area contributed by atoms with Crippen LogP contribution in [0.1, 0.15) is 30.6 Å². The largest absolute Gasteiger partial charge is 0.379 e. The van der Waals surface area contributed by atoms with Crippen molar-refractivity contribution in [3.63, 3.8) is 0 Å². The third-order valence-corrected chi connectivity index (χ3v) is 4.58. The van der Waals surface area contributed by atoms with Crippen LogP contribution >= 0.6 is 0 Å². The summed E-state index contributed by atoms with van der Waals surface area (Å²) < 4.78 is 7.25. The van der Waals surface area contributed by atoms with Crippen LogP contribution in [0.2, 0.25) is 0 Å². The van der Waals surface area contributed by atoms with Gasteiger partial charge in [-0.3, -0.25) is 14.3 Å². The highest BCUT2D eigenvalue weighted by molar-refractivity contribution is 5.93. The summed E-state index contributed by atoms with van der Waals surface area (Å²) in [7, 11) is 0. The van der Waals surface area contributed by atoms with E-state index in [1.165, 1.54) is 0 Å². The Hall–Kier alpha value is -2.25. The average molecular weight is 357 g/mol. The molecule has 2 aromatic heterocycles. The van der Waals surface area contributed by atoms with Crippen LogP contribution in [0.15, 0.2) is 37.1 Å². The first-order chi connectivity index (χ1) is 12.6. The van der Waals surface area contributed by atoms with Crippen LogP contribution in [0.3, 0.4) is 0 Å². The number of hydrogen-bond acceptors (Lipinski definition) is 5. The molecule has 1 fully saturated rings. The minimum atomic E-state index is -0.0864. The van der Waals surface area contributed by atoms with Gasteiger partial charge < -0.3 is 10.1 Å². The first-order valence-electron chi connectivity index (χ1n) is 9.18. The number of morpholine rings is 1. The van der Waals surface area contributed by atoms with Crippen LogP contribution in [0.4, 0.5) is 0 Å². The highest BCUT2D eigenvalue weighted by atomic mass is 16.5. The lowest BCUT2D eigenvalue weighted by Crippen LogP contribution is -2.49. The van der Waals surface area contributed by atoms with Crippen molar-refractivity contribution in [3.05, 3.63) is 42.6 Å². The highest BCUT2D eigenvalue weighted by Gasteiger charge is 2.22. The number of rotatable bonds is 7. The number of amides is 1. The maximum absolute atomic E-state index is 12.5. The van der Waals surface area contributed by atoms with Gasteiger partial charge in [-0.2, -0.15) is 0 Å². The van der Waals surface area contributed by atoms with Crippen LogP contribution in [0.5, 0.6) is 0 Å². The van der Waals surface area contributed by atoms with Crippen LogP contribution < -0.4 is 5.32 Å². The summed E-state index contributed by atoms with van der Waals surface area (Å²) in [5.74, 6) is 1.23. The SMILES string of the molecule is CC(C)CC(CNC(=O)c1ccc(-n2ccnc2)nc1)N1CCOCC1. The number of nitrogens with zero attached hydrogens (tertiary/aromatic N) is 4. The number of carbonyl (C=O) groups excluding carboxylic acids is 1. The lowest BCUT2D eigenvalue weighted by Gasteiger charge is -2.35. The molecule has 1 aliphatic heterocycles. The van der Waals surface area contributed by atoms with E-state index in [2.05, 4.69) is 34.0 Å². The quantitative estimate of drug-likeness (QED) is 0.817. The van der Waals surface area contributed by atoms with Gasteiger partial charge in [-0.05, 0) is 24.5 Å². The van der Waals surface area contributed by atoms with Gasteiger partial charge in [0.15, 0.2) is 0 Å². The van der Waals surface area contributed by atoms with E-state index in [1.54, 1.807) is 29.4 Å². The molecule has 1 N–H and O–H groups in total. The fraction of sp³-hybridized carbons (Fsp3) is 0.526. The summed E-state index contributed by atoms with van der Waals surface area (Å²) in [6.45, 7) is 8.45. The molecule has 0 bridgehead atoms. The molecule has 1 amide bonds. The van der Waals surface area contributed by atoms with E-state index >= 15 is 0 Å². The Balaban J connectivity index is 1.58. The molecule has 7 heteroatoms. The van der Waals surface area contributed by atoms with Crippen molar-refractivity contribution in [1.29, 1.82) is 0 Å². The molecule has 0 spiro atoms. The number of aromatic nitrogens is 3. The Bertz CT molecular complexity index is 678. The molecule has 1 unspecified atom stereocenters. The molecule has 0 aliphatic carbocycles. The molecular formula is C19H27N5O2. The summed E-state index contributed by atoms with van der Waals surface area (Å²) in [5.41, 5.74) is 0.569. The minimum Gasteiger partial charge on any atom is -0.379 e. The van der Waals surface area contributed by atoms with E-state index in [9.17, 15) is 4.79 Å². The molecule has 26 heavy (non-hydrogen) atoms. The van der Waals surface area contributed by atoms with Gasteiger partial charge in [0.25, 0.3) is 5.91 Å². The zero-order chi connectivity index (χ0) is 18.4. The highest BCUT2D eigenvalue weighted by Crippen LogP contribution is 2.13. The molecule has 0 radical (unpaired) electrons. The monoisotopic (exact) mass is 357 g/mol. The number of ether oxygens (including phenoxy) is 1. The zero-order valence-electron chi connectivity index (χ0n) is 15.5. The van der Waals surface area contributed by atoms with Crippen molar-refractivity contribution < 1.29 is 9.53 Å². The first kappa shape index (κ1) is 18.5. The Morgan fingerprint density at radius 3 is 2.73 bits per heavy atom.